The van der Waals surface area contributed by atoms with Crippen LogP contribution in [0.5, 0.6) is 0 Å². The van der Waals surface area contributed by atoms with Crippen molar-refractivity contribution in [2.24, 2.45) is 0 Å². The van der Waals surface area contributed by atoms with Gasteiger partial charge < -0.3 is 10.0 Å². The van der Waals surface area contributed by atoms with Crippen LogP contribution in [-0.4, -0.2) is 34.6 Å². The van der Waals surface area contributed by atoms with Crippen molar-refractivity contribution < 1.29 is 9.90 Å². The van der Waals surface area contributed by atoms with E-state index in [1.807, 2.05) is 11.9 Å². The van der Waals surface area contributed by atoms with E-state index in [0.29, 0.717) is 5.95 Å². The maximum atomic E-state index is 10.9. The van der Waals surface area contributed by atoms with Crippen molar-refractivity contribution in [3.8, 4) is 0 Å². The molecule has 0 bridgehead atoms. The quantitative estimate of drug-likeness (QED) is 0.894. The minimum atomic E-state index is -0.941. The SMILES string of the molecule is CCCN(C)c1ncc2cc(C(=O)O)ccc2n1. The Bertz CT molecular complexity index is 583. The van der Waals surface area contributed by atoms with Gasteiger partial charge in [0.05, 0.1) is 11.1 Å². The van der Waals surface area contributed by atoms with E-state index in [1.54, 1.807) is 24.4 Å². The second-order valence-electron chi connectivity index (χ2n) is 4.17. The highest BCUT2D eigenvalue weighted by molar-refractivity contribution is 5.93. The summed E-state index contributed by atoms with van der Waals surface area (Å²) in [6.07, 6.45) is 2.69. The van der Waals surface area contributed by atoms with Crippen LogP contribution in [0.3, 0.4) is 0 Å². The van der Waals surface area contributed by atoms with Gasteiger partial charge in [-0.15, -0.1) is 0 Å². The molecule has 1 heterocycles. The fourth-order valence-corrected chi connectivity index (χ4v) is 1.78. The van der Waals surface area contributed by atoms with E-state index in [9.17, 15) is 4.79 Å². The van der Waals surface area contributed by atoms with Gasteiger partial charge in [-0.05, 0) is 24.6 Å². The van der Waals surface area contributed by atoms with Gasteiger partial charge in [-0.1, -0.05) is 6.92 Å². The number of rotatable bonds is 4. The lowest BCUT2D eigenvalue weighted by Gasteiger charge is -2.15. The van der Waals surface area contributed by atoms with E-state index in [4.69, 9.17) is 5.11 Å². The smallest absolute Gasteiger partial charge is 0.335 e. The summed E-state index contributed by atoms with van der Waals surface area (Å²) in [6.45, 7) is 2.98. The van der Waals surface area contributed by atoms with Gasteiger partial charge in [0.25, 0.3) is 0 Å². The molecule has 5 heteroatoms. The van der Waals surface area contributed by atoms with Crippen LogP contribution in [0.15, 0.2) is 24.4 Å². The molecular formula is C13H15N3O2. The van der Waals surface area contributed by atoms with E-state index in [0.717, 1.165) is 23.9 Å². The fraction of sp³-hybridized carbons (Fsp3) is 0.308. The minimum Gasteiger partial charge on any atom is -0.478 e. The third-order valence-corrected chi connectivity index (χ3v) is 2.71. The lowest BCUT2D eigenvalue weighted by Crippen LogP contribution is -2.20. The standard InChI is InChI=1S/C13H15N3O2/c1-3-6-16(2)13-14-8-10-7-9(12(17)18)4-5-11(10)15-13/h4-5,7-8H,3,6H2,1-2H3,(H,17,18). The molecule has 5 nitrogen and oxygen atoms in total. The van der Waals surface area contributed by atoms with Crippen LogP contribution in [-0.2, 0) is 0 Å². The van der Waals surface area contributed by atoms with Crippen molar-refractivity contribution in [3.63, 3.8) is 0 Å². The predicted molar refractivity (Wildman–Crippen MR) is 70.1 cm³/mol. The Morgan fingerprint density at radius 2 is 2.22 bits per heavy atom. The average molecular weight is 245 g/mol. The van der Waals surface area contributed by atoms with Crippen molar-refractivity contribution >= 4 is 22.8 Å². The van der Waals surface area contributed by atoms with E-state index >= 15 is 0 Å². The summed E-state index contributed by atoms with van der Waals surface area (Å²) in [5.74, 6) is -0.281. The van der Waals surface area contributed by atoms with E-state index < -0.39 is 5.97 Å². The van der Waals surface area contributed by atoms with Crippen molar-refractivity contribution in [1.82, 2.24) is 9.97 Å². The first kappa shape index (κ1) is 12.3. The van der Waals surface area contributed by atoms with Crippen LogP contribution in [0.4, 0.5) is 5.95 Å². The van der Waals surface area contributed by atoms with Crippen LogP contribution < -0.4 is 4.90 Å². The summed E-state index contributed by atoms with van der Waals surface area (Å²) in [7, 11) is 1.94. The zero-order valence-corrected chi connectivity index (χ0v) is 10.4. The molecule has 2 aromatic rings. The Morgan fingerprint density at radius 3 is 2.89 bits per heavy atom. The van der Waals surface area contributed by atoms with Gasteiger partial charge in [-0.3, -0.25) is 0 Å². The molecule has 2 rings (SSSR count). The largest absolute Gasteiger partial charge is 0.478 e. The number of carboxylic acid groups (broad SMARTS) is 1. The molecule has 0 saturated carbocycles. The van der Waals surface area contributed by atoms with E-state index in [1.165, 1.54) is 0 Å². The molecule has 0 aliphatic carbocycles. The second-order valence-corrected chi connectivity index (χ2v) is 4.17. The molecule has 0 fully saturated rings. The molecule has 0 aliphatic rings. The lowest BCUT2D eigenvalue weighted by atomic mass is 10.1. The van der Waals surface area contributed by atoms with Gasteiger partial charge in [-0.2, -0.15) is 0 Å². The Balaban J connectivity index is 2.41. The van der Waals surface area contributed by atoms with Gasteiger partial charge in [-0.25, -0.2) is 14.8 Å². The van der Waals surface area contributed by atoms with Crippen LogP contribution in [0.2, 0.25) is 0 Å². The van der Waals surface area contributed by atoms with Crippen molar-refractivity contribution in [2.75, 3.05) is 18.5 Å². The number of nitrogens with zero attached hydrogens (tertiary/aromatic N) is 3. The summed E-state index contributed by atoms with van der Waals surface area (Å²) < 4.78 is 0. The third-order valence-electron chi connectivity index (χ3n) is 2.71. The molecule has 0 amide bonds. The Kier molecular flexibility index (Phi) is 3.41. The predicted octanol–water partition coefficient (Wildman–Crippen LogP) is 2.17. The van der Waals surface area contributed by atoms with Gasteiger partial charge in [0, 0.05) is 25.2 Å². The number of aromatic nitrogens is 2. The summed E-state index contributed by atoms with van der Waals surface area (Å²) >= 11 is 0. The molecule has 0 radical (unpaired) electrons. The summed E-state index contributed by atoms with van der Waals surface area (Å²) in [6, 6.07) is 4.85. The lowest BCUT2D eigenvalue weighted by molar-refractivity contribution is 0.0697. The third kappa shape index (κ3) is 2.40. The number of anilines is 1. The molecule has 0 saturated heterocycles. The molecule has 1 aromatic carbocycles. The highest BCUT2D eigenvalue weighted by atomic mass is 16.4. The Morgan fingerprint density at radius 1 is 1.44 bits per heavy atom. The maximum Gasteiger partial charge on any atom is 0.335 e. The number of hydrogen-bond donors (Lipinski definition) is 1. The van der Waals surface area contributed by atoms with Crippen LogP contribution in [0.25, 0.3) is 10.9 Å². The zero-order valence-electron chi connectivity index (χ0n) is 10.4. The topological polar surface area (TPSA) is 66.3 Å². The zero-order chi connectivity index (χ0) is 13.1. The highest BCUT2D eigenvalue weighted by Gasteiger charge is 2.07. The highest BCUT2D eigenvalue weighted by Crippen LogP contribution is 2.16. The number of carboxylic acids is 1. The molecule has 1 N–H and O–H groups in total. The van der Waals surface area contributed by atoms with E-state index in [-0.39, 0.29) is 5.56 Å². The Labute approximate surface area is 105 Å². The Hall–Kier alpha value is -2.17. The van der Waals surface area contributed by atoms with Crippen molar-refractivity contribution in [2.45, 2.75) is 13.3 Å². The molecule has 0 aliphatic heterocycles. The number of fused-ring (bicyclic) bond motifs is 1. The number of aromatic carboxylic acids is 1. The minimum absolute atomic E-state index is 0.251. The van der Waals surface area contributed by atoms with Gasteiger partial charge in [0.15, 0.2) is 0 Å². The monoisotopic (exact) mass is 245 g/mol. The first-order valence-electron chi connectivity index (χ1n) is 5.83. The van der Waals surface area contributed by atoms with Crippen LogP contribution in [0, 0.1) is 0 Å². The van der Waals surface area contributed by atoms with Gasteiger partial charge >= 0.3 is 5.97 Å². The van der Waals surface area contributed by atoms with E-state index in [2.05, 4.69) is 16.9 Å². The van der Waals surface area contributed by atoms with Gasteiger partial charge in [0.2, 0.25) is 5.95 Å². The van der Waals surface area contributed by atoms with Crippen molar-refractivity contribution in [3.05, 3.63) is 30.0 Å². The number of hydrogen-bond acceptors (Lipinski definition) is 4. The number of benzene rings is 1. The van der Waals surface area contributed by atoms with Crippen LogP contribution >= 0.6 is 0 Å². The molecule has 0 atom stereocenters. The molecule has 0 spiro atoms. The first-order valence-corrected chi connectivity index (χ1v) is 5.83. The molecule has 0 unspecified atom stereocenters. The average Bonchev–Trinajstić information content (AvgIpc) is 2.37. The fourth-order valence-electron chi connectivity index (χ4n) is 1.78. The molecule has 18 heavy (non-hydrogen) atoms. The molecular weight excluding hydrogens is 230 g/mol. The van der Waals surface area contributed by atoms with Crippen molar-refractivity contribution in [1.29, 1.82) is 0 Å². The normalized spacial score (nSPS) is 10.6. The summed E-state index contributed by atoms with van der Waals surface area (Å²) in [5, 5.41) is 9.65. The molecule has 1 aromatic heterocycles. The van der Waals surface area contributed by atoms with Gasteiger partial charge in [0.1, 0.15) is 0 Å². The summed E-state index contributed by atoms with van der Waals surface area (Å²) in [4.78, 5) is 21.5. The second kappa shape index (κ2) is 5.00. The first-order chi connectivity index (χ1) is 8.61. The molecule has 94 valence electrons. The maximum absolute atomic E-state index is 10.9. The number of carbonyl (C=O) groups is 1. The van der Waals surface area contributed by atoms with Crippen LogP contribution in [0.1, 0.15) is 23.7 Å². The summed E-state index contributed by atoms with van der Waals surface area (Å²) in [5.41, 5.74) is 1.01.